The Morgan fingerprint density at radius 2 is 2.00 bits per heavy atom. The molecule has 0 aliphatic heterocycles. The van der Waals surface area contributed by atoms with E-state index in [-0.39, 0.29) is 0 Å². The molecule has 0 saturated heterocycles. The fourth-order valence-electron chi connectivity index (χ4n) is 2.77. The summed E-state index contributed by atoms with van der Waals surface area (Å²) in [6, 6.07) is 0. The van der Waals surface area contributed by atoms with Crippen molar-refractivity contribution in [2.75, 3.05) is 5.73 Å². The van der Waals surface area contributed by atoms with Crippen LogP contribution < -0.4 is 5.73 Å². The maximum absolute atomic E-state index is 5.91. The molecule has 84 valence electrons. The van der Waals surface area contributed by atoms with Gasteiger partial charge < -0.3 is 5.73 Å². The first-order chi connectivity index (χ1) is 6.89. The van der Waals surface area contributed by atoms with E-state index in [1.807, 2.05) is 6.92 Å². The Morgan fingerprint density at radius 3 is 2.40 bits per heavy atom. The first kappa shape index (κ1) is 10.5. The van der Waals surface area contributed by atoms with Crippen LogP contribution in [0.4, 0.5) is 5.69 Å². The van der Waals surface area contributed by atoms with Crippen LogP contribution in [0.5, 0.6) is 0 Å². The minimum atomic E-state index is 0.548. The number of hydrogen-bond donors (Lipinski definition) is 1. The van der Waals surface area contributed by atoms with Gasteiger partial charge in [-0.1, -0.05) is 13.8 Å². The van der Waals surface area contributed by atoms with Crippen LogP contribution in [0, 0.1) is 25.2 Å². The predicted octanol–water partition coefficient (Wildman–Crippen LogP) is 2.52. The third kappa shape index (κ3) is 1.87. The van der Waals surface area contributed by atoms with Gasteiger partial charge in [0.1, 0.15) is 0 Å². The molecule has 0 amide bonds. The summed E-state index contributed by atoms with van der Waals surface area (Å²) in [5, 5.41) is 4.47. The molecule has 0 aromatic carbocycles. The lowest BCUT2D eigenvalue weighted by Gasteiger charge is -2.42. The molecule has 0 spiro atoms. The van der Waals surface area contributed by atoms with Crippen molar-refractivity contribution in [3.8, 4) is 0 Å². The number of anilines is 1. The molecule has 0 atom stereocenters. The van der Waals surface area contributed by atoms with E-state index in [9.17, 15) is 0 Å². The Balaban J connectivity index is 2.03. The highest BCUT2D eigenvalue weighted by Gasteiger charge is 2.36. The molecule has 0 bridgehead atoms. The highest BCUT2D eigenvalue weighted by molar-refractivity contribution is 5.46. The van der Waals surface area contributed by atoms with Gasteiger partial charge in [-0.15, -0.1) is 0 Å². The van der Waals surface area contributed by atoms with E-state index in [2.05, 4.69) is 30.6 Å². The van der Waals surface area contributed by atoms with Crippen molar-refractivity contribution in [2.45, 2.75) is 47.1 Å². The molecule has 1 fully saturated rings. The van der Waals surface area contributed by atoms with Crippen molar-refractivity contribution in [3.63, 3.8) is 0 Å². The Hall–Kier alpha value is -0.990. The quantitative estimate of drug-likeness (QED) is 0.809. The molecule has 15 heavy (non-hydrogen) atoms. The molecule has 2 N–H and O–H groups in total. The SMILES string of the molecule is Cc1nn(CC2CC(C)(C)C2)c(C)c1N. The first-order valence-electron chi connectivity index (χ1n) is 5.68. The van der Waals surface area contributed by atoms with E-state index in [0.717, 1.165) is 29.5 Å². The largest absolute Gasteiger partial charge is 0.396 e. The Labute approximate surface area is 91.7 Å². The predicted molar refractivity (Wildman–Crippen MR) is 62.6 cm³/mol. The fraction of sp³-hybridized carbons (Fsp3) is 0.750. The van der Waals surface area contributed by atoms with Gasteiger partial charge in [-0.3, -0.25) is 4.68 Å². The Kier molecular flexibility index (Phi) is 2.28. The summed E-state index contributed by atoms with van der Waals surface area (Å²) < 4.78 is 2.07. The Bertz CT molecular complexity index is 368. The standard InChI is InChI=1S/C12H21N3/c1-8-11(13)9(2)15(14-8)7-10-5-12(3,4)6-10/h10H,5-7,13H2,1-4H3. The van der Waals surface area contributed by atoms with Crippen molar-refractivity contribution in [1.82, 2.24) is 9.78 Å². The molecule has 1 aliphatic rings. The summed E-state index contributed by atoms with van der Waals surface area (Å²) in [4.78, 5) is 0. The highest BCUT2D eigenvalue weighted by Crippen LogP contribution is 2.45. The first-order valence-corrected chi connectivity index (χ1v) is 5.68. The van der Waals surface area contributed by atoms with Crippen LogP contribution in [0.3, 0.4) is 0 Å². The molecule has 1 aromatic rings. The van der Waals surface area contributed by atoms with Crippen LogP contribution in [0.15, 0.2) is 0 Å². The van der Waals surface area contributed by atoms with Crippen molar-refractivity contribution >= 4 is 5.69 Å². The summed E-state index contributed by atoms with van der Waals surface area (Å²) in [7, 11) is 0. The second-order valence-electron chi connectivity index (χ2n) is 5.71. The number of aryl methyl sites for hydroxylation is 1. The van der Waals surface area contributed by atoms with Gasteiger partial charge in [0.15, 0.2) is 0 Å². The highest BCUT2D eigenvalue weighted by atomic mass is 15.3. The molecule has 1 aliphatic carbocycles. The molecule has 3 nitrogen and oxygen atoms in total. The van der Waals surface area contributed by atoms with E-state index >= 15 is 0 Å². The maximum Gasteiger partial charge on any atom is 0.0825 e. The van der Waals surface area contributed by atoms with Crippen LogP contribution >= 0.6 is 0 Å². The average molecular weight is 207 g/mol. The zero-order valence-electron chi connectivity index (χ0n) is 10.2. The van der Waals surface area contributed by atoms with Gasteiger partial charge in [0, 0.05) is 6.54 Å². The monoisotopic (exact) mass is 207 g/mol. The van der Waals surface area contributed by atoms with Crippen molar-refractivity contribution in [1.29, 1.82) is 0 Å². The van der Waals surface area contributed by atoms with E-state index in [0.29, 0.717) is 5.41 Å². The lowest BCUT2D eigenvalue weighted by atomic mass is 9.64. The summed E-state index contributed by atoms with van der Waals surface area (Å²) in [6.45, 7) is 9.73. The second kappa shape index (κ2) is 3.26. The summed E-state index contributed by atoms with van der Waals surface area (Å²) in [5.41, 5.74) is 9.40. The maximum atomic E-state index is 5.91. The molecule has 1 heterocycles. The van der Waals surface area contributed by atoms with Crippen LogP contribution in [-0.2, 0) is 6.54 Å². The van der Waals surface area contributed by atoms with E-state index < -0.39 is 0 Å². The van der Waals surface area contributed by atoms with Crippen LogP contribution in [0.1, 0.15) is 38.1 Å². The van der Waals surface area contributed by atoms with Crippen LogP contribution in [0.25, 0.3) is 0 Å². The molecule has 3 heteroatoms. The zero-order chi connectivity index (χ0) is 11.2. The van der Waals surface area contributed by atoms with E-state index in [1.165, 1.54) is 12.8 Å². The van der Waals surface area contributed by atoms with Gasteiger partial charge in [-0.05, 0) is 38.0 Å². The number of nitrogens with zero attached hydrogens (tertiary/aromatic N) is 2. The van der Waals surface area contributed by atoms with E-state index in [1.54, 1.807) is 0 Å². The molecular weight excluding hydrogens is 186 g/mol. The minimum absolute atomic E-state index is 0.548. The number of aromatic nitrogens is 2. The smallest absolute Gasteiger partial charge is 0.0825 e. The van der Waals surface area contributed by atoms with Gasteiger partial charge >= 0.3 is 0 Å². The molecule has 0 radical (unpaired) electrons. The average Bonchev–Trinajstić information content (AvgIpc) is 2.31. The fourth-order valence-corrected chi connectivity index (χ4v) is 2.77. The lowest BCUT2D eigenvalue weighted by molar-refractivity contribution is 0.0794. The van der Waals surface area contributed by atoms with Gasteiger partial charge in [-0.2, -0.15) is 5.10 Å². The normalized spacial score (nSPS) is 20.3. The number of rotatable bonds is 2. The molecule has 0 unspecified atom stereocenters. The molecular formula is C12H21N3. The number of hydrogen-bond acceptors (Lipinski definition) is 2. The van der Waals surface area contributed by atoms with Crippen LogP contribution in [-0.4, -0.2) is 9.78 Å². The van der Waals surface area contributed by atoms with Crippen molar-refractivity contribution in [3.05, 3.63) is 11.4 Å². The van der Waals surface area contributed by atoms with Crippen LogP contribution in [0.2, 0.25) is 0 Å². The number of nitrogens with two attached hydrogens (primary N) is 1. The van der Waals surface area contributed by atoms with Gasteiger partial charge in [0.25, 0.3) is 0 Å². The molecule has 1 saturated carbocycles. The van der Waals surface area contributed by atoms with E-state index in [4.69, 9.17) is 5.73 Å². The summed E-state index contributed by atoms with van der Waals surface area (Å²) in [5.74, 6) is 0.789. The summed E-state index contributed by atoms with van der Waals surface area (Å²) in [6.07, 6.45) is 2.62. The van der Waals surface area contributed by atoms with Crippen molar-refractivity contribution in [2.24, 2.45) is 11.3 Å². The molecule has 1 aromatic heterocycles. The van der Waals surface area contributed by atoms with Crippen molar-refractivity contribution < 1.29 is 0 Å². The zero-order valence-corrected chi connectivity index (χ0v) is 10.2. The topological polar surface area (TPSA) is 43.8 Å². The van der Waals surface area contributed by atoms with Gasteiger partial charge in [0.2, 0.25) is 0 Å². The minimum Gasteiger partial charge on any atom is -0.396 e. The third-order valence-corrected chi connectivity index (χ3v) is 3.55. The summed E-state index contributed by atoms with van der Waals surface area (Å²) >= 11 is 0. The second-order valence-corrected chi connectivity index (χ2v) is 5.71. The number of nitrogen functional groups attached to an aromatic ring is 1. The third-order valence-electron chi connectivity index (χ3n) is 3.55. The van der Waals surface area contributed by atoms with Gasteiger partial charge in [-0.25, -0.2) is 0 Å². The Morgan fingerprint density at radius 1 is 1.40 bits per heavy atom. The molecule has 2 rings (SSSR count). The lowest BCUT2D eigenvalue weighted by Crippen LogP contribution is -2.34. The van der Waals surface area contributed by atoms with Gasteiger partial charge in [0.05, 0.1) is 17.1 Å².